The Morgan fingerprint density at radius 2 is 2.19 bits per heavy atom. The minimum atomic E-state index is -0.684. The van der Waals surface area contributed by atoms with Gasteiger partial charge in [0.05, 0.1) is 16.6 Å². The summed E-state index contributed by atoms with van der Waals surface area (Å²) in [6.07, 6.45) is 0. The molecule has 0 bridgehead atoms. The number of likely N-dealkylation sites (tertiary alicyclic amines) is 1. The van der Waals surface area contributed by atoms with Gasteiger partial charge in [-0.05, 0) is 12.1 Å². The number of hydrogen-bond acceptors (Lipinski definition) is 3. The lowest BCUT2D eigenvalue weighted by atomic mass is 10.1. The summed E-state index contributed by atoms with van der Waals surface area (Å²) in [5.41, 5.74) is -0.181. The zero-order valence-corrected chi connectivity index (χ0v) is 12.2. The van der Waals surface area contributed by atoms with Gasteiger partial charge in [-0.15, -0.1) is 0 Å². The number of benzene rings is 1. The number of aliphatic hydroxyl groups excluding tert-OH is 1. The van der Waals surface area contributed by atoms with Crippen molar-refractivity contribution in [3.05, 3.63) is 34.6 Å². The molecular formula is C14H16ClFN2O3. The van der Waals surface area contributed by atoms with Gasteiger partial charge in [-0.3, -0.25) is 9.59 Å². The van der Waals surface area contributed by atoms with E-state index in [1.54, 1.807) is 0 Å². The molecule has 1 saturated heterocycles. The van der Waals surface area contributed by atoms with Crippen LogP contribution in [0.4, 0.5) is 4.39 Å². The molecule has 1 aromatic carbocycles. The number of nitrogens with one attached hydrogen (secondary N) is 1. The fourth-order valence-corrected chi connectivity index (χ4v) is 2.75. The molecule has 0 radical (unpaired) electrons. The molecule has 2 N–H and O–H groups in total. The molecule has 1 heterocycles. The number of amides is 2. The lowest BCUT2D eigenvalue weighted by Gasteiger charge is -2.17. The summed E-state index contributed by atoms with van der Waals surface area (Å²) in [4.78, 5) is 24.9. The Bertz CT molecular complexity index is 547. The van der Waals surface area contributed by atoms with Gasteiger partial charge in [-0.2, -0.15) is 0 Å². The van der Waals surface area contributed by atoms with Gasteiger partial charge in [0, 0.05) is 32.5 Å². The zero-order valence-electron chi connectivity index (χ0n) is 11.5. The van der Waals surface area contributed by atoms with Gasteiger partial charge in [0.15, 0.2) is 0 Å². The number of aliphatic hydroxyl groups is 1. The average molecular weight is 315 g/mol. The van der Waals surface area contributed by atoms with Crippen molar-refractivity contribution in [1.29, 1.82) is 0 Å². The third-order valence-corrected chi connectivity index (χ3v) is 3.84. The third kappa shape index (κ3) is 3.33. The van der Waals surface area contributed by atoms with Crippen LogP contribution in [0.3, 0.4) is 0 Å². The number of halogens is 2. The van der Waals surface area contributed by atoms with Crippen LogP contribution in [-0.4, -0.2) is 47.6 Å². The monoisotopic (exact) mass is 314 g/mol. The van der Waals surface area contributed by atoms with E-state index in [1.165, 1.54) is 30.0 Å². The third-order valence-electron chi connectivity index (χ3n) is 3.53. The predicted octanol–water partition coefficient (Wildman–Crippen LogP) is 1.05. The smallest absolute Gasteiger partial charge is 0.258 e. The number of rotatable bonds is 3. The fourth-order valence-electron chi connectivity index (χ4n) is 2.51. The van der Waals surface area contributed by atoms with Crippen molar-refractivity contribution in [2.24, 2.45) is 5.92 Å². The SMILES string of the molecule is CC(=O)N[C@@H]1CN(C(=O)c2c(F)cccc2Cl)C[C@H]1CO. The average Bonchev–Trinajstić information content (AvgIpc) is 2.80. The van der Waals surface area contributed by atoms with Crippen molar-refractivity contribution in [2.75, 3.05) is 19.7 Å². The van der Waals surface area contributed by atoms with E-state index in [2.05, 4.69) is 5.32 Å². The van der Waals surface area contributed by atoms with Gasteiger partial charge in [-0.25, -0.2) is 4.39 Å². The van der Waals surface area contributed by atoms with Crippen molar-refractivity contribution in [2.45, 2.75) is 13.0 Å². The van der Waals surface area contributed by atoms with Gasteiger partial charge in [0.2, 0.25) is 5.91 Å². The summed E-state index contributed by atoms with van der Waals surface area (Å²) < 4.78 is 13.8. The molecule has 2 rings (SSSR count). The van der Waals surface area contributed by atoms with E-state index in [0.29, 0.717) is 0 Å². The normalized spacial score (nSPS) is 21.4. The Kier molecular flexibility index (Phi) is 4.80. The molecule has 2 amide bonds. The van der Waals surface area contributed by atoms with Crippen molar-refractivity contribution in [1.82, 2.24) is 10.2 Å². The Morgan fingerprint density at radius 3 is 2.76 bits per heavy atom. The van der Waals surface area contributed by atoms with Gasteiger partial charge in [-0.1, -0.05) is 17.7 Å². The summed E-state index contributed by atoms with van der Waals surface area (Å²) in [5, 5.41) is 12.1. The number of carbonyl (C=O) groups excluding carboxylic acids is 2. The van der Waals surface area contributed by atoms with Crippen LogP contribution in [0.1, 0.15) is 17.3 Å². The lowest BCUT2D eigenvalue weighted by Crippen LogP contribution is -2.40. The molecular weight excluding hydrogens is 299 g/mol. The zero-order chi connectivity index (χ0) is 15.6. The van der Waals surface area contributed by atoms with E-state index in [1.807, 2.05) is 0 Å². The summed E-state index contributed by atoms with van der Waals surface area (Å²) in [5.74, 6) is -1.74. The van der Waals surface area contributed by atoms with Crippen LogP contribution in [0.5, 0.6) is 0 Å². The quantitative estimate of drug-likeness (QED) is 0.876. The molecule has 1 aliphatic rings. The van der Waals surface area contributed by atoms with E-state index in [9.17, 15) is 19.1 Å². The molecule has 1 aromatic rings. The lowest BCUT2D eigenvalue weighted by molar-refractivity contribution is -0.119. The van der Waals surface area contributed by atoms with E-state index in [-0.39, 0.29) is 48.1 Å². The number of hydrogen-bond donors (Lipinski definition) is 2. The number of carbonyl (C=O) groups is 2. The van der Waals surface area contributed by atoms with E-state index in [0.717, 1.165) is 0 Å². The first kappa shape index (κ1) is 15.7. The van der Waals surface area contributed by atoms with Gasteiger partial charge in [0.25, 0.3) is 5.91 Å². The summed E-state index contributed by atoms with van der Waals surface area (Å²) in [6, 6.07) is 3.70. The fraction of sp³-hybridized carbons (Fsp3) is 0.429. The molecule has 21 heavy (non-hydrogen) atoms. The second-order valence-electron chi connectivity index (χ2n) is 5.06. The molecule has 114 valence electrons. The maximum Gasteiger partial charge on any atom is 0.258 e. The van der Waals surface area contributed by atoms with Crippen LogP contribution < -0.4 is 5.32 Å². The maximum atomic E-state index is 13.8. The van der Waals surface area contributed by atoms with Gasteiger partial charge < -0.3 is 15.3 Å². The van der Waals surface area contributed by atoms with Crippen molar-refractivity contribution in [3.8, 4) is 0 Å². The molecule has 0 aromatic heterocycles. The van der Waals surface area contributed by atoms with Crippen LogP contribution >= 0.6 is 11.6 Å². The molecule has 0 saturated carbocycles. The molecule has 0 unspecified atom stereocenters. The predicted molar refractivity (Wildman–Crippen MR) is 75.5 cm³/mol. The standard InChI is InChI=1S/C14H16ClFN2O3/c1-8(20)17-12-6-18(5-9(12)7-19)14(21)13-10(15)3-2-4-11(13)16/h2-4,9,12,19H,5-7H2,1H3,(H,17,20)/t9-,12+/m0/s1. The van der Waals surface area contributed by atoms with Gasteiger partial charge in [0.1, 0.15) is 5.82 Å². The highest BCUT2D eigenvalue weighted by Gasteiger charge is 2.36. The highest BCUT2D eigenvalue weighted by Crippen LogP contribution is 2.24. The minimum absolute atomic E-state index is 0.0449. The first-order chi connectivity index (χ1) is 9.93. The molecule has 0 spiro atoms. The van der Waals surface area contributed by atoms with Crippen molar-refractivity contribution in [3.63, 3.8) is 0 Å². The Hall–Kier alpha value is -1.66. The highest BCUT2D eigenvalue weighted by molar-refractivity contribution is 6.33. The Labute approximate surface area is 126 Å². The Balaban J connectivity index is 2.19. The van der Waals surface area contributed by atoms with Crippen LogP contribution in [0.15, 0.2) is 18.2 Å². The highest BCUT2D eigenvalue weighted by atomic mass is 35.5. The van der Waals surface area contributed by atoms with Gasteiger partial charge >= 0.3 is 0 Å². The molecule has 0 aliphatic carbocycles. The van der Waals surface area contributed by atoms with E-state index >= 15 is 0 Å². The molecule has 1 aliphatic heterocycles. The molecule has 7 heteroatoms. The second-order valence-corrected chi connectivity index (χ2v) is 5.46. The number of nitrogens with zero attached hydrogens (tertiary/aromatic N) is 1. The van der Waals surface area contributed by atoms with Crippen LogP contribution in [-0.2, 0) is 4.79 Å². The first-order valence-corrected chi connectivity index (χ1v) is 6.93. The summed E-state index contributed by atoms with van der Waals surface area (Å²) in [7, 11) is 0. The van der Waals surface area contributed by atoms with E-state index < -0.39 is 11.7 Å². The maximum absolute atomic E-state index is 13.8. The van der Waals surface area contributed by atoms with Crippen LogP contribution in [0, 0.1) is 11.7 Å². The molecule has 1 fully saturated rings. The molecule has 5 nitrogen and oxygen atoms in total. The van der Waals surface area contributed by atoms with E-state index in [4.69, 9.17) is 11.6 Å². The minimum Gasteiger partial charge on any atom is -0.396 e. The first-order valence-electron chi connectivity index (χ1n) is 6.55. The topological polar surface area (TPSA) is 69.6 Å². The second kappa shape index (κ2) is 6.41. The largest absolute Gasteiger partial charge is 0.396 e. The van der Waals surface area contributed by atoms with Crippen LogP contribution in [0.25, 0.3) is 0 Å². The summed E-state index contributed by atoms with van der Waals surface area (Å²) in [6.45, 7) is 1.66. The summed E-state index contributed by atoms with van der Waals surface area (Å²) >= 11 is 5.89. The molecule has 2 atom stereocenters. The van der Waals surface area contributed by atoms with Crippen LogP contribution in [0.2, 0.25) is 5.02 Å². The van der Waals surface area contributed by atoms with Crippen molar-refractivity contribution < 1.29 is 19.1 Å². The Morgan fingerprint density at radius 1 is 1.48 bits per heavy atom. The van der Waals surface area contributed by atoms with Crippen molar-refractivity contribution >= 4 is 23.4 Å².